The number of ether oxygens (including phenoxy) is 1. The second kappa shape index (κ2) is 17.1. The zero-order chi connectivity index (χ0) is 32.2. The monoisotopic (exact) mass is 616 g/mol. The summed E-state index contributed by atoms with van der Waals surface area (Å²) >= 11 is 0. The predicted molar refractivity (Wildman–Crippen MR) is 188 cm³/mol. The summed E-state index contributed by atoms with van der Waals surface area (Å²) in [6.45, 7) is 27.6. The lowest BCUT2D eigenvalue weighted by Gasteiger charge is -2.40. The molecule has 0 fully saturated rings. The largest absolute Gasteiger partial charge is 0.469 e. The Morgan fingerprint density at radius 3 is 1.83 bits per heavy atom. The number of esters is 1. The maximum absolute atomic E-state index is 11.8. The summed E-state index contributed by atoms with van der Waals surface area (Å²) in [5.74, 6) is 0.0491. The van der Waals surface area contributed by atoms with Crippen molar-refractivity contribution >= 4 is 34.8 Å². The van der Waals surface area contributed by atoms with Crippen molar-refractivity contribution in [1.29, 1.82) is 0 Å². The van der Waals surface area contributed by atoms with Crippen LogP contribution in [0.2, 0.25) is 36.3 Å². The third-order valence-electron chi connectivity index (χ3n) is 9.35. The highest BCUT2D eigenvalue weighted by Crippen LogP contribution is 2.39. The molecule has 1 aromatic carbocycles. The Morgan fingerprint density at radius 1 is 0.810 bits per heavy atom. The van der Waals surface area contributed by atoms with E-state index in [2.05, 4.69) is 130 Å². The Bertz CT molecular complexity index is 998. The van der Waals surface area contributed by atoms with Gasteiger partial charge in [-0.05, 0) is 72.6 Å². The normalized spacial score (nSPS) is 15.7. The van der Waals surface area contributed by atoms with Crippen LogP contribution in [0.3, 0.4) is 0 Å². The van der Waals surface area contributed by atoms with Gasteiger partial charge in [-0.3, -0.25) is 4.79 Å². The second-order valence-corrected chi connectivity index (χ2v) is 24.5. The number of methoxy groups -OCH3 is 1. The molecule has 0 spiro atoms. The first-order chi connectivity index (χ1) is 19.3. The first kappa shape index (κ1) is 38.5. The topological polar surface area (TPSA) is 44.8 Å². The molecule has 1 aromatic rings. The zero-order valence-electron chi connectivity index (χ0n) is 29.4. The molecule has 0 amide bonds. The van der Waals surface area contributed by atoms with Crippen molar-refractivity contribution in [1.82, 2.24) is 0 Å². The maximum atomic E-state index is 11.8. The summed E-state index contributed by atoms with van der Waals surface area (Å²) in [5.41, 5.74) is 2.40. The Balaban J connectivity index is 3.21. The fourth-order valence-corrected chi connectivity index (χ4v) is 7.03. The van der Waals surface area contributed by atoms with Gasteiger partial charge in [0, 0.05) is 6.42 Å². The van der Waals surface area contributed by atoms with E-state index in [0.29, 0.717) is 6.42 Å². The third-order valence-corrected chi connectivity index (χ3v) is 18.4. The van der Waals surface area contributed by atoms with E-state index in [-0.39, 0.29) is 34.2 Å². The molecule has 0 saturated carbocycles. The van der Waals surface area contributed by atoms with Gasteiger partial charge in [0.25, 0.3) is 0 Å². The molecule has 0 radical (unpaired) electrons. The SMILES string of the molecule is CCCCC[C@H](/C=C/c1ccccc1/C=C/[C@@H](C)[C@H](CCCC(=O)OC)O[Si](C)(C)C(C)(C)C)O[Si](C)(C)C(C)(C)C. The number of rotatable bonds is 17. The van der Waals surface area contributed by atoms with Gasteiger partial charge in [-0.1, -0.05) is 123 Å². The van der Waals surface area contributed by atoms with Gasteiger partial charge in [-0.15, -0.1) is 0 Å². The van der Waals surface area contributed by atoms with Crippen LogP contribution in [0, 0.1) is 5.92 Å². The molecule has 0 aliphatic carbocycles. The van der Waals surface area contributed by atoms with Crippen LogP contribution < -0.4 is 0 Å². The second-order valence-electron chi connectivity index (χ2n) is 15.0. The van der Waals surface area contributed by atoms with Crippen molar-refractivity contribution in [3.63, 3.8) is 0 Å². The lowest BCUT2D eigenvalue weighted by molar-refractivity contribution is -0.140. The number of carbonyl (C=O) groups is 1. The summed E-state index contributed by atoms with van der Waals surface area (Å²) in [6.07, 6.45) is 16.0. The van der Waals surface area contributed by atoms with Crippen molar-refractivity contribution in [3.8, 4) is 0 Å². The molecule has 4 nitrogen and oxygen atoms in total. The van der Waals surface area contributed by atoms with Crippen LogP contribution in [0.4, 0.5) is 0 Å². The van der Waals surface area contributed by atoms with Crippen LogP contribution in [0.5, 0.6) is 0 Å². The van der Waals surface area contributed by atoms with Crippen LogP contribution in [0.15, 0.2) is 36.4 Å². The molecule has 0 aliphatic rings. The van der Waals surface area contributed by atoms with Gasteiger partial charge in [0.1, 0.15) is 0 Å². The highest BCUT2D eigenvalue weighted by molar-refractivity contribution is 6.74. The summed E-state index contributed by atoms with van der Waals surface area (Å²) in [6, 6.07) is 8.59. The summed E-state index contributed by atoms with van der Waals surface area (Å²) in [7, 11) is -2.41. The van der Waals surface area contributed by atoms with Crippen LogP contribution in [0.1, 0.15) is 111 Å². The Kier molecular flexibility index (Phi) is 15.7. The van der Waals surface area contributed by atoms with Gasteiger partial charge in [0.15, 0.2) is 16.6 Å². The van der Waals surface area contributed by atoms with Crippen molar-refractivity contribution in [2.24, 2.45) is 5.92 Å². The van der Waals surface area contributed by atoms with Crippen molar-refractivity contribution in [2.45, 2.75) is 149 Å². The molecule has 3 atom stereocenters. The Hall–Kier alpha value is -1.48. The molecule has 1 rings (SSSR count). The number of hydrogen-bond acceptors (Lipinski definition) is 4. The number of benzene rings is 1. The average Bonchev–Trinajstić information content (AvgIpc) is 2.88. The summed E-state index contributed by atoms with van der Waals surface area (Å²) < 4.78 is 18.6. The van der Waals surface area contributed by atoms with E-state index in [1.165, 1.54) is 37.5 Å². The molecule has 0 aliphatic heterocycles. The Morgan fingerprint density at radius 2 is 1.33 bits per heavy atom. The van der Waals surface area contributed by atoms with E-state index in [4.69, 9.17) is 13.6 Å². The molecule has 0 unspecified atom stereocenters. The van der Waals surface area contributed by atoms with Crippen molar-refractivity contribution in [2.75, 3.05) is 7.11 Å². The highest BCUT2D eigenvalue weighted by Gasteiger charge is 2.40. The fraction of sp³-hybridized carbons (Fsp3) is 0.694. The molecule has 0 heterocycles. The van der Waals surface area contributed by atoms with Gasteiger partial charge >= 0.3 is 5.97 Å². The number of hydrogen-bond donors (Lipinski definition) is 0. The maximum Gasteiger partial charge on any atom is 0.305 e. The van der Waals surface area contributed by atoms with E-state index in [0.717, 1.165) is 19.3 Å². The van der Waals surface area contributed by atoms with Crippen LogP contribution in [-0.2, 0) is 18.4 Å². The van der Waals surface area contributed by atoms with E-state index in [1.54, 1.807) is 0 Å². The quantitative estimate of drug-likeness (QED) is 0.0992. The lowest BCUT2D eigenvalue weighted by atomic mass is 9.97. The van der Waals surface area contributed by atoms with Crippen molar-refractivity contribution < 1.29 is 18.4 Å². The smallest absolute Gasteiger partial charge is 0.305 e. The number of carbonyl (C=O) groups excluding carboxylic acids is 1. The van der Waals surface area contributed by atoms with Crippen molar-refractivity contribution in [3.05, 3.63) is 47.5 Å². The lowest BCUT2D eigenvalue weighted by Crippen LogP contribution is -2.45. The molecule has 42 heavy (non-hydrogen) atoms. The standard InChI is InChI=1S/C36H64O4Si2/c1-14-15-16-22-32(39-41(10,11)35(3,4)5)28-27-31-21-18-17-20-30(31)26-25-29(2)33(23-19-24-34(37)38-9)40-42(12,13)36(6,7)8/h17-18,20-21,25-29,32-33H,14-16,19,22-24H2,1-13H3/b26-25+,28-27+/t29-,32-,33+/m1/s1. The number of unbranched alkanes of at least 4 members (excludes halogenated alkanes) is 2. The highest BCUT2D eigenvalue weighted by atomic mass is 28.4. The molecule has 0 N–H and O–H groups in total. The van der Waals surface area contributed by atoms with Crippen LogP contribution >= 0.6 is 0 Å². The van der Waals surface area contributed by atoms with E-state index in [1.807, 2.05) is 0 Å². The third kappa shape index (κ3) is 13.0. The summed E-state index contributed by atoms with van der Waals surface area (Å²) in [4.78, 5) is 11.8. The molecular formula is C36H64O4Si2. The van der Waals surface area contributed by atoms with Crippen LogP contribution in [-0.4, -0.2) is 41.9 Å². The van der Waals surface area contributed by atoms with Gasteiger partial charge in [0.05, 0.1) is 19.3 Å². The van der Waals surface area contributed by atoms with Gasteiger partial charge in [-0.2, -0.15) is 0 Å². The minimum Gasteiger partial charge on any atom is -0.469 e. The predicted octanol–water partition coefficient (Wildman–Crippen LogP) is 11.1. The molecule has 0 saturated heterocycles. The van der Waals surface area contributed by atoms with E-state index in [9.17, 15) is 4.79 Å². The fourth-order valence-electron chi connectivity index (χ4n) is 4.28. The first-order valence-corrected chi connectivity index (χ1v) is 22.0. The first-order valence-electron chi connectivity index (χ1n) is 16.2. The van der Waals surface area contributed by atoms with Gasteiger partial charge in [0.2, 0.25) is 0 Å². The summed E-state index contributed by atoms with van der Waals surface area (Å²) in [5, 5.41) is 0.301. The van der Waals surface area contributed by atoms with Crippen LogP contribution in [0.25, 0.3) is 12.2 Å². The zero-order valence-corrected chi connectivity index (χ0v) is 31.4. The Labute approximate surface area is 262 Å². The van der Waals surface area contributed by atoms with E-state index < -0.39 is 16.6 Å². The minimum atomic E-state index is -1.98. The average molecular weight is 617 g/mol. The van der Waals surface area contributed by atoms with Gasteiger partial charge in [-0.25, -0.2) is 0 Å². The van der Waals surface area contributed by atoms with E-state index >= 15 is 0 Å². The molecular weight excluding hydrogens is 553 g/mol. The molecule has 6 heteroatoms. The molecule has 0 bridgehead atoms. The minimum absolute atomic E-state index is 0.0513. The molecule has 0 aromatic heterocycles. The molecule has 240 valence electrons. The van der Waals surface area contributed by atoms with Gasteiger partial charge < -0.3 is 13.6 Å².